The second-order valence-electron chi connectivity index (χ2n) is 3.63. The maximum absolute atomic E-state index is 11.9. The van der Waals surface area contributed by atoms with Crippen LogP contribution < -0.4 is 5.73 Å². The fraction of sp³-hybridized carbons (Fsp3) is 0.500. The van der Waals surface area contributed by atoms with Gasteiger partial charge in [0.15, 0.2) is 0 Å². The van der Waals surface area contributed by atoms with Crippen molar-refractivity contribution in [3.8, 4) is 0 Å². The number of rotatable bonds is 1. The van der Waals surface area contributed by atoms with E-state index in [0.29, 0.717) is 6.54 Å². The van der Waals surface area contributed by atoms with Crippen molar-refractivity contribution >= 4 is 17.2 Å². The molecule has 1 unspecified atom stereocenters. The Morgan fingerprint density at radius 2 is 2.50 bits per heavy atom. The molecular formula is C10H14N2OS. The first-order valence-electron chi connectivity index (χ1n) is 4.86. The molecule has 0 bridgehead atoms. The quantitative estimate of drug-likeness (QED) is 0.759. The predicted molar refractivity (Wildman–Crippen MR) is 57.4 cm³/mol. The first-order valence-corrected chi connectivity index (χ1v) is 5.73. The standard InChI is InChI=1S/C10H14N2OS/c11-8-3-1-5-12(7-8)10(13)9-4-2-6-14-9/h2,4,6,8H,1,3,5,7,11H2. The Bertz CT molecular complexity index is 310. The van der Waals surface area contributed by atoms with Gasteiger partial charge in [0, 0.05) is 19.1 Å². The van der Waals surface area contributed by atoms with Crippen molar-refractivity contribution in [3.63, 3.8) is 0 Å². The molecule has 3 nitrogen and oxygen atoms in total. The van der Waals surface area contributed by atoms with Crippen LogP contribution in [0.4, 0.5) is 0 Å². The van der Waals surface area contributed by atoms with Gasteiger partial charge in [0.25, 0.3) is 5.91 Å². The van der Waals surface area contributed by atoms with Gasteiger partial charge in [0.2, 0.25) is 0 Å². The molecule has 2 N–H and O–H groups in total. The molecule has 14 heavy (non-hydrogen) atoms. The number of hydrogen-bond donors (Lipinski definition) is 1. The molecule has 1 aromatic rings. The van der Waals surface area contributed by atoms with E-state index in [4.69, 9.17) is 5.73 Å². The summed E-state index contributed by atoms with van der Waals surface area (Å²) in [6.45, 7) is 1.56. The summed E-state index contributed by atoms with van der Waals surface area (Å²) in [5, 5.41) is 1.93. The van der Waals surface area contributed by atoms with Crippen LogP contribution in [0.1, 0.15) is 22.5 Å². The maximum atomic E-state index is 11.9. The highest BCUT2D eigenvalue weighted by molar-refractivity contribution is 7.12. The summed E-state index contributed by atoms with van der Waals surface area (Å²) in [5.74, 6) is 0.134. The Kier molecular flexibility index (Phi) is 2.84. The molecule has 1 aromatic heterocycles. The molecule has 1 atom stereocenters. The van der Waals surface area contributed by atoms with Crippen molar-refractivity contribution in [2.45, 2.75) is 18.9 Å². The average Bonchev–Trinajstić information content (AvgIpc) is 2.69. The van der Waals surface area contributed by atoms with Crippen LogP contribution in [0.3, 0.4) is 0 Å². The lowest BCUT2D eigenvalue weighted by Gasteiger charge is -2.30. The first-order chi connectivity index (χ1) is 6.77. The van der Waals surface area contributed by atoms with E-state index >= 15 is 0 Å². The Labute approximate surface area is 87.5 Å². The summed E-state index contributed by atoms with van der Waals surface area (Å²) in [5.41, 5.74) is 5.83. The van der Waals surface area contributed by atoms with Crippen molar-refractivity contribution in [1.82, 2.24) is 4.90 Å². The molecule has 0 radical (unpaired) electrons. The maximum Gasteiger partial charge on any atom is 0.263 e. The van der Waals surface area contributed by atoms with E-state index in [0.717, 1.165) is 24.3 Å². The summed E-state index contributed by atoms with van der Waals surface area (Å²) in [6, 6.07) is 3.93. The fourth-order valence-electron chi connectivity index (χ4n) is 1.75. The zero-order valence-corrected chi connectivity index (χ0v) is 8.80. The smallest absolute Gasteiger partial charge is 0.263 e. The summed E-state index contributed by atoms with van der Waals surface area (Å²) in [4.78, 5) is 14.6. The summed E-state index contributed by atoms with van der Waals surface area (Å²) in [7, 11) is 0. The summed E-state index contributed by atoms with van der Waals surface area (Å²) >= 11 is 1.49. The van der Waals surface area contributed by atoms with Crippen LogP contribution in [0.15, 0.2) is 17.5 Å². The van der Waals surface area contributed by atoms with Gasteiger partial charge in [-0.25, -0.2) is 0 Å². The number of nitrogens with two attached hydrogens (primary N) is 1. The zero-order chi connectivity index (χ0) is 9.97. The Balaban J connectivity index is 2.04. The van der Waals surface area contributed by atoms with E-state index in [1.165, 1.54) is 11.3 Å². The molecule has 4 heteroatoms. The Morgan fingerprint density at radius 3 is 3.14 bits per heavy atom. The SMILES string of the molecule is NC1CCCN(C(=O)c2cccs2)C1. The van der Waals surface area contributed by atoms with Crippen LogP contribution >= 0.6 is 11.3 Å². The van der Waals surface area contributed by atoms with Crippen molar-refractivity contribution in [2.24, 2.45) is 5.73 Å². The molecule has 1 aliphatic heterocycles. The van der Waals surface area contributed by atoms with Gasteiger partial charge < -0.3 is 10.6 Å². The van der Waals surface area contributed by atoms with Crippen LogP contribution in [0.2, 0.25) is 0 Å². The summed E-state index contributed by atoms with van der Waals surface area (Å²) in [6.07, 6.45) is 2.06. The zero-order valence-electron chi connectivity index (χ0n) is 7.98. The molecule has 0 saturated carbocycles. The number of piperidine rings is 1. The van der Waals surface area contributed by atoms with Gasteiger partial charge in [-0.2, -0.15) is 0 Å². The number of amides is 1. The number of hydrogen-bond acceptors (Lipinski definition) is 3. The fourth-order valence-corrected chi connectivity index (χ4v) is 2.44. The van der Waals surface area contributed by atoms with Crippen molar-refractivity contribution in [1.29, 1.82) is 0 Å². The van der Waals surface area contributed by atoms with Gasteiger partial charge in [-0.15, -0.1) is 11.3 Å². The van der Waals surface area contributed by atoms with Crippen LogP contribution in [-0.2, 0) is 0 Å². The molecule has 2 rings (SSSR count). The molecule has 1 fully saturated rings. The molecule has 1 saturated heterocycles. The largest absolute Gasteiger partial charge is 0.336 e. The third kappa shape index (κ3) is 1.96. The number of carbonyl (C=O) groups is 1. The lowest BCUT2D eigenvalue weighted by atomic mass is 10.1. The highest BCUT2D eigenvalue weighted by Crippen LogP contribution is 2.15. The molecule has 0 spiro atoms. The van der Waals surface area contributed by atoms with Gasteiger partial charge >= 0.3 is 0 Å². The van der Waals surface area contributed by atoms with Crippen LogP contribution in [0, 0.1) is 0 Å². The number of thiophene rings is 1. The van der Waals surface area contributed by atoms with Gasteiger partial charge in [0.1, 0.15) is 0 Å². The first kappa shape index (κ1) is 9.68. The number of carbonyl (C=O) groups excluding carboxylic acids is 1. The van der Waals surface area contributed by atoms with E-state index < -0.39 is 0 Å². The predicted octanol–water partition coefficient (Wildman–Crippen LogP) is 1.31. The molecule has 1 aliphatic rings. The number of likely N-dealkylation sites (tertiary alicyclic amines) is 1. The Morgan fingerprint density at radius 1 is 1.64 bits per heavy atom. The average molecular weight is 210 g/mol. The van der Waals surface area contributed by atoms with E-state index in [1.807, 2.05) is 22.4 Å². The van der Waals surface area contributed by atoms with E-state index in [2.05, 4.69) is 0 Å². The van der Waals surface area contributed by atoms with Crippen LogP contribution in [0.25, 0.3) is 0 Å². The molecule has 0 aliphatic carbocycles. The minimum absolute atomic E-state index is 0.134. The Hall–Kier alpha value is -0.870. The van der Waals surface area contributed by atoms with Gasteiger partial charge in [-0.05, 0) is 24.3 Å². The van der Waals surface area contributed by atoms with E-state index in [9.17, 15) is 4.79 Å². The lowest BCUT2D eigenvalue weighted by Crippen LogP contribution is -2.45. The van der Waals surface area contributed by atoms with Crippen molar-refractivity contribution in [3.05, 3.63) is 22.4 Å². The third-order valence-corrected chi connectivity index (χ3v) is 3.33. The van der Waals surface area contributed by atoms with Crippen molar-refractivity contribution < 1.29 is 4.79 Å². The normalized spacial score (nSPS) is 22.4. The topological polar surface area (TPSA) is 46.3 Å². The lowest BCUT2D eigenvalue weighted by molar-refractivity contribution is 0.0714. The van der Waals surface area contributed by atoms with Gasteiger partial charge in [-0.1, -0.05) is 6.07 Å². The molecular weight excluding hydrogens is 196 g/mol. The summed E-state index contributed by atoms with van der Waals surface area (Å²) < 4.78 is 0. The minimum atomic E-state index is 0.134. The minimum Gasteiger partial charge on any atom is -0.336 e. The number of nitrogens with zero attached hydrogens (tertiary/aromatic N) is 1. The second-order valence-corrected chi connectivity index (χ2v) is 4.58. The molecule has 1 amide bonds. The third-order valence-electron chi connectivity index (χ3n) is 2.48. The van der Waals surface area contributed by atoms with Crippen molar-refractivity contribution in [2.75, 3.05) is 13.1 Å². The highest BCUT2D eigenvalue weighted by Gasteiger charge is 2.22. The van der Waals surface area contributed by atoms with Gasteiger partial charge in [-0.3, -0.25) is 4.79 Å². The monoisotopic (exact) mass is 210 g/mol. The van der Waals surface area contributed by atoms with E-state index in [1.54, 1.807) is 0 Å². The molecule has 2 heterocycles. The van der Waals surface area contributed by atoms with Crippen LogP contribution in [0.5, 0.6) is 0 Å². The second kappa shape index (κ2) is 4.11. The molecule has 76 valence electrons. The highest BCUT2D eigenvalue weighted by atomic mass is 32.1. The van der Waals surface area contributed by atoms with Crippen LogP contribution in [-0.4, -0.2) is 29.9 Å². The van der Waals surface area contributed by atoms with Gasteiger partial charge in [0.05, 0.1) is 4.88 Å². The van der Waals surface area contributed by atoms with E-state index in [-0.39, 0.29) is 11.9 Å². The molecule has 0 aromatic carbocycles.